The first kappa shape index (κ1) is 15.6. The van der Waals surface area contributed by atoms with Crippen LogP contribution < -0.4 is 10.1 Å². The summed E-state index contributed by atoms with van der Waals surface area (Å²) in [5.74, 6) is 0.955. The van der Waals surface area contributed by atoms with Crippen LogP contribution in [0.2, 0.25) is 0 Å². The highest BCUT2D eigenvalue weighted by Crippen LogP contribution is 2.19. The van der Waals surface area contributed by atoms with Crippen molar-refractivity contribution in [2.45, 2.75) is 40.8 Å². The number of methoxy groups -OCH3 is 1. The van der Waals surface area contributed by atoms with Gasteiger partial charge in [0.2, 0.25) is 0 Å². The van der Waals surface area contributed by atoms with Gasteiger partial charge in [0.05, 0.1) is 7.11 Å². The van der Waals surface area contributed by atoms with E-state index in [0.29, 0.717) is 0 Å². The van der Waals surface area contributed by atoms with E-state index in [1.165, 1.54) is 33.4 Å². The van der Waals surface area contributed by atoms with E-state index in [4.69, 9.17) is 4.74 Å². The van der Waals surface area contributed by atoms with E-state index in [2.05, 4.69) is 63.3 Å². The first-order valence-corrected chi connectivity index (χ1v) is 7.42. The van der Waals surface area contributed by atoms with Crippen LogP contribution in [0.25, 0.3) is 0 Å². The first-order valence-electron chi connectivity index (χ1n) is 7.42. The summed E-state index contributed by atoms with van der Waals surface area (Å²) in [4.78, 5) is 0. The highest BCUT2D eigenvalue weighted by atomic mass is 16.5. The predicted molar refractivity (Wildman–Crippen MR) is 88.9 cm³/mol. The van der Waals surface area contributed by atoms with Gasteiger partial charge in [-0.25, -0.2) is 0 Å². The molecule has 2 heteroatoms. The number of hydrogen-bond acceptors (Lipinski definition) is 2. The van der Waals surface area contributed by atoms with Gasteiger partial charge in [-0.15, -0.1) is 0 Å². The Balaban J connectivity index is 2.00. The van der Waals surface area contributed by atoms with Crippen LogP contribution in [0.4, 0.5) is 0 Å². The molecular weight excluding hydrogens is 258 g/mol. The Morgan fingerprint density at radius 2 is 1.52 bits per heavy atom. The Bertz CT molecular complexity index is 632. The zero-order valence-electron chi connectivity index (χ0n) is 13.7. The fourth-order valence-corrected chi connectivity index (χ4v) is 2.53. The summed E-state index contributed by atoms with van der Waals surface area (Å²) in [6.45, 7) is 10.3. The second kappa shape index (κ2) is 6.77. The normalized spacial score (nSPS) is 10.7. The van der Waals surface area contributed by atoms with E-state index < -0.39 is 0 Å². The largest absolute Gasteiger partial charge is 0.496 e. The van der Waals surface area contributed by atoms with Crippen molar-refractivity contribution in [1.29, 1.82) is 0 Å². The van der Waals surface area contributed by atoms with Gasteiger partial charge in [-0.3, -0.25) is 0 Å². The molecule has 0 bridgehead atoms. The van der Waals surface area contributed by atoms with Crippen molar-refractivity contribution in [3.8, 4) is 5.75 Å². The van der Waals surface area contributed by atoms with Gasteiger partial charge in [0.25, 0.3) is 0 Å². The van der Waals surface area contributed by atoms with Crippen molar-refractivity contribution in [2.75, 3.05) is 7.11 Å². The number of ether oxygens (including phenoxy) is 1. The second-order valence-corrected chi connectivity index (χ2v) is 5.77. The Kier molecular flexibility index (Phi) is 5.03. The van der Waals surface area contributed by atoms with Crippen molar-refractivity contribution in [1.82, 2.24) is 5.32 Å². The highest BCUT2D eigenvalue weighted by Gasteiger charge is 2.03. The van der Waals surface area contributed by atoms with Crippen LogP contribution in [0.5, 0.6) is 5.75 Å². The summed E-state index contributed by atoms with van der Waals surface area (Å²) in [6.07, 6.45) is 0. The molecule has 0 aliphatic carbocycles. The van der Waals surface area contributed by atoms with Gasteiger partial charge in [0.15, 0.2) is 0 Å². The molecule has 0 atom stereocenters. The molecule has 112 valence electrons. The summed E-state index contributed by atoms with van der Waals surface area (Å²) in [7, 11) is 1.72. The minimum atomic E-state index is 0.850. The van der Waals surface area contributed by atoms with E-state index in [0.717, 1.165) is 18.8 Å². The van der Waals surface area contributed by atoms with Gasteiger partial charge >= 0.3 is 0 Å². The minimum absolute atomic E-state index is 0.850. The van der Waals surface area contributed by atoms with E-state index in [9.17, 15) is 0 Å². The van der Waals surface area contributed by atoms with Crippen LogP contribution in [0.15, 0.2) is 30.3 Å². The van der Waals surface area contributed by atoms with Crippen LogP contribution in [0.1, 0.15) is 33.4 Å². The van der Waals surface area contributed by atoms with Gasteiger partial charge in [0.1, 0.15) is 5.75 Å². The maximum Gasteiger partial charge on any atom is 0.122 e. The maximum absolute atomic E-state index is 5.37. The number of nitrogens with one attached hydrogen (secondary N) is 1. The zero-order chi connectivity index (χ0) is 15.4. The van der Waals surface area contributed by atoms with Gasteiger partial charge < -0.3 is 10.1 Å². The van der Waals surface area contributed by atoms with Crippen LogP contribution in [0, 0.1) is 27.7 Å². The monoisotopic (exact) mass is 283 g/mol. The molecule has 0 saturated carbocycles. The van der Waals surface area contributed by atoms with Gasteiger partial charge in [-0.1, -0.05) is 24.3 Å². The molecule has 0 saturated heterocycles. The third kappa shape index (κ3) is 3.85. The van der Waals surface area contributed by atoms with Gasteiger partial charge in [-0.2, -0.15) is 0 Å². The average Bonchev–Trinajstić information content (AvgIpc) is 2.46. The quantitative estimate of drug-likeness (QED) is 0.887. The molecule has 0 fully saturated rings. The standard InChI is InChI=1S/C19H25NO/c1-13-6-7-17(10-19(13)21-5)11-20-12-18-9-15(3)14(2)8-16(18)4/h6-10,20H,11-12H2,1-5H3. The van der Waals surface area contributed by atoms with Crippen molar-refractivity contribution in [3.05, 3.63) is 63.7 Å². The van der Waals surface area contributed by atoms with Crippen molar-refractivity contribution in [2.24, 2.45) is 0 Å². The lowest BCUT2D eigenvalue weighted by Gasteiger charge is -2.12. The molecule has 0 aromatic heterocycles. The fourth-order valence-electron chi connectivity index (χ4n) is 2.53. The molecular formula is C19H25NO. The number of rotatable bonds is 5. The van der Waals surface area contributed by atoms with Gasteiger partial charge in [0, 0.05) is 13.1 Å². The van der Waals surface area contributed by atoms with Gasteiger partial charge in [-0.05, 0) is 67.1 Å². The van der Waals surface area contributed by atoms with Crippen LogP contribution >= 0.6 is 0 Å². The molecule has 0 amide bonds. The number of aryl methyl sites for hydroxylation is 4. The van der Waals surface area contributed by atoms with Crippen LogP contribution in [-0.2, 0) is 13.1 Å². The first-order chi connectivity index (χ1) is 10.0. The van der Waals surface area contributed by atoms with Crippen LogP contribution in [-0.4, -0.2) is 7.11 Å². The predicted octanol–water partition coefficient (Wildman–Crippen LogP) is 4.22. The smallest absolute Gasteiger partial charge is 0.122 e. The number of hydrogen-bond donors (Lipinski definition) is 1. The van der Waals surface area contributed by atoms with E-state index >= 15 is 0 Å². The molecule has 21 heavy (non-hydrogen) atoms. The molecule has 0 aliphatic heterocycles. The lowest BCUT2D eigenvalue weighted by atomic mass is 10.0. The topological polar surface area (TPSA) is 21.3 Å². The summed E-state index contributed by atoms with van der Waals surface area (Å²) < 4.78 is 5.37. The van der Waals surface area contributed by atoms with Crippen LogP contribution in [0.3, 0.4) is 0 Å². The molecule has 2 aromatic carbocycles. The summed E-state index contributed by atoms with van der Waals surface area (Å²) in [6, 6.07) is 10.9. The Labute approximate surface area is 128 Å². The SMILES string of the molecule is COc1cc(CNCc2cc(C)c(C)cc2C)ccc1C. The molecule has 0 aliphatic rings. The third-order valence-electron chi connectivity index (χ3n) is 4.07. The summed E-state index contributed by atoms with van der Waals surface area (Å²) >= 11 is 0. The van der Waals surface area contributed by atoms with E-state index in [1.807, 2.05) is 0 Å². The lowest BCUT2D eigenvalue weighted by molar-refractivity contribution is 0.411. The second-order valence-electron chi connectivity index (χ2n) is 5.77. The minimum Gasteiger partial charge on any atom is -0.496 e. The van der Waals surface area contributed by atoms with E-state index in [-0.39, 0.29) is 0 Å². The van der Waals surface area contributed by atoms with Crippen molar-refractivity contribution < 1.29 is 4.74 Å². The summed E-state index contributed by atoms with van der Waals surface area (Å²) in [5.41, 5.74) is 7.86. The maximum atomic E-state index is 5.37. The molecule has 1 N–H and O–H groups in total. The lowest BCUT2D eigenvalue weighted by Crippen LogP contribution is -2.14. The molecule has 0 unspecified atom stereocenters. The molecule has 0 radical (unpaired) electrons. The summed E-state index contributed by atoms with van der Waals surface area (Å²) in [5, 5.41) is 3.52. The Hall–Kier alpha value is -1.80. The molecule has 2 rings (SSSR count). The Morgan fingerprint density at radius 3 is 2.24 bits per heavy atom. The molecule has 2 nitrogen and oxygen atoms in total. The fraction of sp³-hybridized carbons (Fsp3) is 0.368. The average molecular weight is 283 g/mol. The highest BCUT2D eigenvalue weighted by molar-refractivity contribution is 5.37. The Morgan fingerprint density at radius 1 is 0.810 bits per heavy atom. The molecule has 0 heterocycles. The van der Waals surface area contributed by atoms with Crippen molar-refractivity contribution >= 4 is 0 Å². The van der Waals surface area contributed by atoms with Crippen molar-refractivity contribution in [3.63, 3.8) is 0 Å². The zero-order valence-corrected chi connectivity index (χ0v) is 13.7. The third-order valence-corrected chi connectivity index (χ3v) is 4.07. The van der Waals surface area contributed by atoms with E-state index in [1.54, 1.807) is 7.11 Å². The molecule has 2 aromatic rings. The molecule has 0 spiro atoms. The number of benzene rings is 2.